The number of aromatic nitrogens is 1. The zero-order valence-corrected chi connectivity index (χ0v) is 12.7. The number of carboxylic acids is 1. The largest absolute Gasteiger partial charge is 0.480 e. The van der Waals surface area contributed by atoms with Crippen LogP contribution in [-0.4, -0.2) is 34.3 Å². The van der Waals surface area contributed by atoms with Gasteiger partial charge in [-0.05, 0) is 32.9 Å². The Bertz CT molecular complexity index is 701. The summed E-state index contributed by atoms with van der Waals surface area (Å²) in [6.07, 6.45) is 0.882. The molecule has 0 bridgehead atoms. The molecule has 1 N–H and O–H groups in total. The number of rotatable bonds is 3. The summed E-state index contributed by atoms with van der Waals surface area (Å²) in [7, 11) is 0. The van der Waals surface area contributed by atoms with E-state index in [9.17, 15) is 9.59 Å². The summed E-state index contributed by atoms with van der Waals surface area (Å²) in [5, 5.41) is 9.91. The highest BCUT2D eigenvalue weighted by molar-refractivity contribution is 6.01. The van der Waals surface area contributed by atoms with E-state index in [0.29, 0.717) is 11.2 Å². The van der Waals surface area contributed by atoms with Crippen molar-refractivity contribution < 1.29 is 19.4 Å². The summed E-state index contributed by atoms with van der Waals surface area (Å²) in [6.45, 7) is 4.69. The van der Waals surface area contributed by atoms with Gasteiger partial charge in [0, 0.05) is 11.6 Å². The number of benzene rings is 1. The van der Waals surface area contributed by atoms with Gasteiger partial charge in [0.1, 0.15) is 12.1 Å². The lowest BCUT2D eigenvalue weighted by Crippen LogP contribution is -2.40. The SMILES string of the molecule is CC(C)(C)OC(=O)N(CC(=O)O)c1cccc2cccnc12. The van der Waals surface area contributed by atoms with Crippen LogP contribution in [-0.2, 0) is 9.53 Å². The Morgan fingerprint density at radius 1 is 1.23 bits per heavy atom. The standard InChI is InChI=1S/C16H18N2O4/c1-16(2,3)22-15(21)18(10-13(19)20)12-8-4-6-11-7-5-9-17-14(11)12/h4-9H,10H2,1-3H3,(H,19,20). The highest BCUT2D eigenvalue weighted by Crippen LogP contribution is 2.26. The van der Waals surface area contributed by atoms with Crippen LogP contribution >= 0.6 is 0 Å². The topological polar surface area (TPSA) is 79.7 Å². The Morgan fingerprint density at radius 3 is 2.55 bits per heavy atom. The monoisotopic (exact) mass is 302 g/mol. The number of hydrogen-bond acceptors (Lipinski definition) is 4. The first kappa shape index (κ1) is 15.8. The molecule has 1 aromatic heterocycles. The van der Waals surface area contributed by atoms with Crippen molar-refractivity contribution in [2.45, 2.75) is 26.4 Å². The molecule has 1 aromatic carbocycles. The summed E-state index contributed by atoms with van der Waals surface area (Å²) in [5.41, 5.74) is 0.248. The maximum atomic E-state index is 12.4. The maximum absolute atomic E-state index is 12.4. The Balaban J connectivity index is 2.48. The van der Waals surface area contributed by atoms with Crippen molar-refractivity contribution in [2.24, 2.45) is 0 Å². The molecule has 0 unspecified atom stereocenters. The number of ether oxygens (including phenoxy) is 1. The molecule has 0 saturated carbocycles. The quantitative estimate of drug-likeness (QED) is 0.942. The van der Waals surface area contributed by atoms with E-state index in [1.165, 1.54) is 0 Å². The van der Waals surface area contributed by atoms with Gasteiger partial charge in [0.25, 0.3) is 0 Å². The van der Waals surface area contributed by atoms with Gasteiger partial charge < -0.3 is 9.84 Å². The lowest BCUT2D eigenvalue weighted by atomic mass is 10.1. The molecule has 0 saturated heterocycles. The number of hydrogen-bond donors (Lipinski definition) is 1. The van der Waals surface area contributed by atoms with Crippen molar-refractivity contribution in [1.29, 1.82) is 0 Å². The summed E-state index contributed by atoms with van der Waals surface area (Å²) in [5.74, 6) is -1.13. The number of carbonyl (C=O) groups excluding carboxylic acids is 1. The van der Waals surface area contributed by atoms with Crippen molar-refractivity contribution in [3.8, 4) is 0 Å². The van der Waals surface area contributed by atoms with Crippen LogP contribution in [0.3, 0.4) is 0 Å². The molecule has 0 aliphatic carbocycles. The third-order valence-electron chi connectivity index (χ3n) is 2.81. The average Bonchev–Trinajstić information content (AvgIpc) is 2.42. The van der Waals surface area contributed by atoms with Gasteiger partial charge in [-0.2, -0.15) is 0 Å². The highest BCUT2D eigenvalue weighted by atomic mass is 16.6. The van der Waals surface area contributed by atoms with E-state index in [-0.39, 0.29) is 0 Å². The molecule has 22 heavy (non-hydrogen) atoms. The number of nitrogens with zero attached hydrogens (tertiary/aromatic N) is 2. The maximum Gasteiger partial charge on any atom is 0.415 e. The molecule has 0 radical (unpaired) electrons. The highest BCUT2D eigenvalue weighted by Gasteiger charge is 2.26. The van der Waals surface area contributed by atoms with Crippen LogP contribution in [0.1, 0.15) is 20.8 Å². The van der Waals surface area contributed by atoms with Gasteiger partial charge in [-0.3, -0.25) is 14.7 Å². The Kier molecular flexibility index (Phi) is 4.30. The third kappa shape index (κ3) is 3.72. The van der Waals surface area contributed by atoms with Crippen molar-refractivity contribution >= 4 is 28.7 Å². The summed E-state index contributed by atoms with van der Waals surface area (Å²) < 4.78 is 5.30. The third-order valence-corrected chi connectivity index (χ3v) is 2.81. The first-order valence-corrected chi connectivity index (χ1v) is 6.84. The fourth-order valence-electron chi connectivity index (χ4n) is 2.01. The van der Waals surface area contributed by atoms with Gasteiger partial charge in [0.2, 0.25) is 0 Å². The van der Waals surface area contributed by atoms with Gasteiger partial charge >= 0.3 is 12.1 Å². The molecule has 2 aromatic rings. The van der Waals surface area contributed by atoms with E-state index in [0.717, 1.165) is 10.3 Å². The molecule has 2 rings (SSSR count). The van der Waals surface area contributed by atoms with Gasteiger partial charge in [0.15, 0.2) is 0 Å². The van der Waals surface area contributed by atoms with E-state index >= 15 is 0 Å². The van der Waals surface area contributed by atoms with E-state index in [2.05, 4.69) is 4.98 Å². The van der Waals surface area contributed by atoms with Crippen molar-refractivity contribution in [3.05, 3.63) is 36.5 Å². The normalized spacial score (nSPS) is 11.2. The fourth-order valence-corrected chi connectivity index (χ4v) is 2.01. The van der Waals surface area contributed by atoms with Crippen LogP contribution in [0.4, 0.5) is 10.5 Å². The van der Waals surface area contributed by atoms with Gasteiger partial charge in [0.05, 0.1) is 11.2 Å². The van der Waals surface area contributed by atoms with Crippen molar-refractivity contribution in [3.63, 3.8) is 0 Å². The number of amides is 1. The molecule has 0 fully saturated rings. The minimum Gasteiger partial charge on any atom is -0.480 e. The van der Waals surface area contributed by atoms with Crippen LogP contribution < -0.4 is 4.90 Å². The predicted molar refractivity (Wildman–Crippen MR) is 83.0 cm³/mol. The molecule has 1 heterocycles. The van der Waals surface area contributed by atoms with Crippen LogP contribution in [0.15, 0.2) is 36.5 Å². The molecule has 1 amide bonds. The molecule has 6 heteroatoms. The summed E-state index contributed by atoms with van der Waals surface area (Å²) in [4.78, 5) is 28.8. The van der Waals surface area contributed by atoms with E-state index in [4.69, 9.17) is 9.84 Å². The molecular formula is C16H18N2O4. The number of aliphatic carboxylic acids is 1. The first-order chi connectivity index (χ1) is 10.3. The summed E-state index contributed by atoms with van der Waals surface area (Å²) in [6, 6.07) is 8.88. The van der Waals surface area contributed by atoms with E-state index in [1.807, 2.05) is 12.1 Å². The van der Waals surface area contributed by atoms with Crippen LogP contribution in [0.5, 0.6) is 0 Å². The van der Waals surface area contributed by atoms with Gasteiger partial charge in [-0.15, -0.1) is 0 Å². The number of fused-ring (bicyclic) bond motifs is 1. The molecular weight excluding hydrogens is 284 g/mol. The second kappa shape index (κ2) is 6.01. The Hall–Kier alpha value is -2.63. The average molecular weight is 302 g/mol. The van der Waals surface area contributed by atoms with Crippen LogP contribution in [0, 0.1) is 0 Å². The molecule has 6 nitrogen and oxygen atoms in total. The molecule has 0 aliphatic heterocycles. The van der Waals surface area contributed by atoms with E-state index < -0.39 is 24.2 Å². The zero-order valence-electron chi connectivity index (χ0n) is 12.7. The second-order valence-corrected chi connectivity index (χ2v) is 5.81. The van der Waals surface area contributed by atoms with E-state index in [1.54, 1.807) is 45.2 Å². The molecule has 116 valence electrons. The smallest absolute Gasteiger partial charge is 0.415 e. The molecule has 0 aliphatic rings. The Labute approximate surface area is 128 Å². The molecule has 0 atom stereocenters. The zero-order chi connectivity index (χ0) is 16.3. The number of para-hydroxylation sites is 1. The molecule has 0 spiro atoms. The minimum atomic E-state index is -1.13. The van der Waals surface area contributed by atoms with Crippen molar-refractivity contribution in [2.75, 3.05) is 11.4 Å². The van der Waals surface area contributed by atoms with Crippen LogP contribution in [0.25, 0.3) is 10.9 Å². The number of anilines is 1. The van der Waals surface area contributed by atoms with Crippen molar-refractivity contribution in [1.82, 2.24) is 4.98 Å². The minimum absolute atomic E-state index is 0.412. The number of carboxylic acid groups (broad SMARTS) is 1. The lowest BCUT2D eigenvalue weighted by Gasteiger charge is -2.26. The second-order valence-electron chi connectivity index (χ2n) is 5.81. The lowest BCUT2D eigenvalue weighted by molar-refractivity contribution is -0.135. The predicted octanol–water partition coefficient (Wildman–Crippen LogP) is 3.06. The number of carbonyl (C=O) groups is 2. The van der Waals surface area contributed by atoms with Crippen LogP contribution in [0.2, 0.25) is 0 Å². The first-order valence-electron chi connectivity index (χ1n) is 6.84. The van der Waals surface area contributed by atoms with Gasteiger partial charge in [-0.1, -0.05) is 18.2 Å². The Morgan fingerprint density at radius 2 is 1.91 bits per heavy atom. The van der Waals surface area contributed by atoms with Gasteiger partial charge in [-0.25, -0.2) is 4.79 Å². The number of pyridine rings is 1. The fraction of sp³-hybridized carbons (Fsp3) is 0.312. The summed E-state index contributed by atoms with van der Waals surface area (Å²) >= 11 is 0.